The summed E-state index contributed by atoms with van der Waals surface area (Å²) in [7, 11) is 2.94. The van der Waals surface area contributed by atoms with Gasteiger partial charge in [-0.05, 0) is 7.05 Å². The molecule has 1 rings (SSSR count). The summed E-state index contributed by atoms with van der Waals surface area (Å²) in [5, 5.41) is 22.2. The fourth-order valence-corrected chi connectivity index (χ4v) is 1.99. The van der Waals surface area contributed by atoms with Crippen LogP contribution in [0.25, 0.3) is 0 Å². The summed E-state index contributed by atoms with van der Waals surface area (Å²) in [6.45, 7) is 0.244. The first-order chi connectivity index (χ1) is 7.60. The Balaban J connectivity index is 2.73. The van der Waals surface area contributed by atoms with Gasteiger partial charge in [-0.25, -0.2) is 9.78 Å². The summed E-state index contributed by atoms with van der Waals surface area (Å²) >= 11 is 1.00. The number of aromatic nitrogens is 1. The van der Waals surface area contributed by atoms with Crippen LogP contribution in [0.4, 0.5) is 0 Å². The number of nitrogens with zero attached hydrogens (tertiary/aromatic N) is 1. The number of nitrogens with one attached hydrogen (secondary N) is 1. The third-order valence-corrected chi connectivity index (χ3v) is 2.99. The Labute approximate surface area is 96.9 Å². The largest absolute Gasteiger partial charge is 0.465 e. The molecule has 6 nitrogen and oxygen atoms in total. The average Bonchev–Trinajstić information content (AvgIpc) is 2.76. The average molecular weight is 246 g/mol. The van der Waals surface area contributed by atoms with E-state index in [4.69, 9.17) is 0 Å². The van der Waals surface area contributed by atoms with E-state index in [9.17, 15) is 15.0 Å². The SMILES string of the molecule is CNCC(O)C(O)c1ncc(C(=O)OC)s1. The molecule has 1 aromatic rings. The Morgan fingerprint density at radius 2 is 2.38 bits per heavy atom. The molecule has 0 saturated heterocycles. The number of thiazole rings is 1. The molecule has 0 amide bonds. The highest BCUT2D eigenvalue weighted by Gasteiger charge is 2.22. The molecule has 7 heteroatoms. The molecule has 0 spiro atoms. The lowest BCUT2D eigenvalue weighted by atomic mass is 10.2. The van der Waals surface area contributed by atoms with Crippen molar-refractivity contribution in [3.05, 3.63) is 16.1 Å². The first-order valence-electron chi connectivity index (χ1n) is 4.65. The van der Waals surface area contributed by atoms with E-state index in [0.29, 0.717) is 9.88 Å². The molecule has 0 aromatic carbocycles. The third kappa shape index (κ3) is 2.99. The van der Waals surface area contributed by atoms with Crippen molar-refractivity contribution < 1.29 is 19.7 Å². The van der Waals surface area contributed by atoms with Crippen LogP contribution < -0.4 is 5.32 Å². The fourth-order valence-electron chi connectivity index (χ4n) is 1.10. The number of rotatable bonds is 5. The summed E-state index contributed by atoms with van der Waals surface area (Å²) < 4.78 is 4.51. The maximum absolute atomic E-state index is 11.1. The van der Waals surface area contributed by atoms with Crippen molar-refractivity contribution in [2.24, 2.45) is 0 Å². The van der Waals surface area contributed by atoms with E-state index >= 15 is 0 Å². The lowest BCUT2D eigenvalue weighted by Gasteiger charge is -2.14. The molecule has 2 atom stereocenters. The molecule has 1 heterocycles. The molecule has 0 aliphatic rings. The molecule has 0 aliphatic carbocycles. The van der Waals surface area contributed by atoms with E-state index < -0.39 is 18.2 Å². The first kappa shape index (κ1) is 13.0. The van der Waals surface area contributed by atoms with Gasteiger partial charge in [0.1, 0.15) is 16.0 Å². The first-order valence-corrected chi connectivity index (χ1v) is 5.46. The molecule has 2 unspecified atom stereocenters. The van der Waals surface area contributed by atoms with Crippen LogP contribution in [0.2, 0.25) is 0 Å². The van der Waals surface area contributed by atoms with E-state index in [0.717, 1.165) is 11.3 Å². The molecule has 0 fully saturated rings. The van der Waals surface area contributed by atoms with Crippen LogP contribution in [-0.2, 0) is 4.74 Å². The monoisotopic (exact) mass is 246 g/mol. The van der Waals surface area contributed by atoms with Crippen LogP contribution in [0.15, 0.2) is 6.20 Å². The van der Waals surface area contributed by atoms with Crippen LogP contribution in [0.3, 0.4) is 0 Å². The third-order valence-electron chi connectivity index (χ3n) is 1.94. The second-order valence-corrected chi connectivity index (χ2v) is 4.19. The number of carbonyl (C=O) groups is 1. The van der Waals surface area contributed by atoms with Crippen molar-refractivity contribution in [1.29, 1.82) is 0 Å². The van der Waals surface area contributed by atoms with Crippen molar-refractivity contribution in [1.82, 2.24) is 10.3 Å². The highest BCUT2D eigenvalue weighted by atomic mass is 32.1. The molecular formula is C9H14N2O4S. The standard InChI is InChI=1S/C9H14N2O4S/c1-10-3-5(12)7(13)8-11-4-6(16-8)9(14)15-2/h4-5,7,10,12-13H,3H2,1-2H3. The van der Waals surface area contributed by atoms with E-state index in [1.165, 1.54) is 13.3 Å². The number of hydrogen-bond donors (Lipinski definition) is 3. The Kier molecular flexibility index (Phi) is 4.81. The van der Waals surface area contributed by atoms with Crippen molar-refractivity contribution in [3.8, 4) is 0 Å². The minimum absolute atomic E-state index is 0.244. The maximum Gasteiger partial charge on any atom is 0.349 e. The summed E-state index contributed by atoms with van der Waals surface area (Å²) in [6.07, 6.45) is -0.737. The van der Waals surface area contributed by atoms with Gasteiger partial charge in [0.05, 0.1) is 19.4 Å². The van der Waals surface area contributed by atoms with Crippen molar-refractivity contribution in [2.75, 3.05) is 20.7 Å². The zero-order valence-electron chi connectivity index (χ0n) is 9.01. The minimum Gasteiger partial charge on any atom is -0.465 e. The number of aliphatic hydroxyl groups excluding tert-OH is 2. The van der Waals surface area contributed by atoms with Gasteiger partial charge in [0.25, 0.3) is 0 Å². The molecule has 0 aliphatic heterocycles. The van der Waals surface area contributed by atoms with Gasteiger partial charge in [-0.2, -0.15) is 0 Å². The Morgan fingerprint density at radius 1 is 1.69 bits per heavy atom. The highest BCUT2D eigenvalue weighted by molar-refractivity contribution is 7.13. The predicted molar refractivity (Wildman–Crippen MR) is 58.3 cm³/mol. The lowest BCUT2D eigenvalue weighted by molar-refractivity contribution is 0.0201. The molecule has 0 radical (unpaired) electrons. The number of methoxy groups -OCH3 is 1. The van der Waals surface area contributed by atoms with Crippen molar-refractivity contribution in [2.45, 2.75) is 12.2 Å². The van der Waals surface area contributed by atoms with Gasteiger partial charge in [0, 0.05) is 6.54 Å². The second-order valence-electron chi connectivity index (χ2n) is 3.12. The van der Waals surface area contributed by atoms with E-state index in [1.54, 1.807) is 7.05 Å². The van der Waals surface area contributed by atoms with Gasteiger partial charge in [-0.1, -0.05) is 0 Å². The molecule has 0 bridgehead atoms. The Bertz CT molecular complexity index is 355. The van der Waals surface area contributed by atoms with Crippen LogP contribution in [0.5, 0.6) is 0 Å². The quantitative estimate of drug-likeness (QED) is 0.609. The van der Waals surface area contributed by atoms with Crippen LogP contribution in [0, 0.1) is 0 Å². The summed E-state index contributed by atoms with van der Waals surface area (Å²) in [5.74, 6) is -0.501. The normalized spacial score (nSPS) is 14.5. The number of carbonyl (C=O) groups excluding carboxylic acids is 1. The predicted octanol–water partition coefficient (Wildman–Crippen LogP) is -0.457. The van der Waals surface area contributed by atoms with Gasteiger partial charge < -0.3 is 20.3 Å². The number of ether oxygens (including phenoxy) is 1. The molecule has 90 valence electrons. The minimum atomic E-state index is -1.10. The van der Waals surface area contributed by atoms with Crippen LogP contribution >= 0.6 is 11.3 Å². The van der Waals surface area contributed by atoms with Gasteiger partial charge in [0.2, 0.25) is 0 Å². The topological polar surface area (TPSA) is 91.7 Å². The summed E-state index contributed by atoms with van der Waals surface area (Å²) in [6, 6.07) is 0. The van der Waals surface area contributed by atoms with E-state index in [-0.39, 0.29) is 6.54 Å². The summed E-state index contributed by atoms with van der Waals surface area (Å²) in [4.78, 5) is 15.3. The van der Waals surface area contributed by atoms with Gasteiger partial charge in [-0.3, -0.25) is 0 Å². The van der Waals surface area contributed by atoms with Crippen molar-refractivity contribution >= 4 is 17.3 Å². The Hall–Kier alpha value is -1.02. The van der Waals surface area contributed by atoms with Gasteiger partial charge >= 0.3 is 5.97 Å². The highest BCUT2D eigenvalue weighted by Crippen LogP contribution is 2.23. The molecule has 1 aromatic heterocycles. The number of likely N-dealkylation sites (N-methyl/N-ethyl adjacent to an activating group) is 1. The zero-order valence-corrected chi connectivity index (χ0v) is 9.82. The number of esters is 1. The molecular weight excluding hydrogens is 232 g/mol. The second kappa shape index (κ2) is 5.90. The Morgan fingerprint density at radius 3 is 2.94 bits per heavy atom. The maximum atomic E-state index is 11.1. The number of hydrogen-bond acceptors (Lipinski definition) is 7. The molecule has 16 heavy (non-hydrogen) atoms. The summed E-state index contributed by atoms with van der Waals surface area (Å²) in [5.41, 5.74) is 0. The lowest BCUT2D eigenvalue weighted by Crippen LogP contribution is -2.29. The van der Waals surface area contributed by atoms with E-state index in [1.807, 2.05) is 0 Å². The molecule has 3 N–H and O–H groups in total. The van der Waals surface area contributed by atoms with Crippen LogP contribution in [-0.4, -0.2) is 48.0 Å². The van der Waals surface area contributed by atoms with E-state index in [2.05, 4.69) is 15.0 Å². The van der Waals surface area contributed by atoms with Gasteiger partial charge in [0.15, 0.2) is 0 Å². The fraction of sp³-hybridized carbons (Fsp3) is 0.556. The number of aliphatic hydroxyl groups is 2. The van der Waals surface area contributed by atoms with Crippen LogP contribution in [0.1, 0.15) is 20.8 Å². The smallest absolute Gasteiger partial charge is 0.349 e. The zero-order chi connectivity index (χ0) is 12.1. The van der Waals surface area contributed by atoms with Gasteiger partial charge in [-0.15, -0.1) is 11.3 Å². The van der Waals surface area contributed by atoms with Crippen molar-refractivity contribution in [3.63, 3.8) is 0 Å². The molecule has 0 saturated carbocycles.